The molecule has 3 heterocycles. The maximum absolute atomic E-state index is 6.02. The first-order valence-electron chi connectivity index (χ1n) is 7.53. The predicted octanol–water partition coefficient (Wildman–Crippen LogP) is 2.40. The van der Waals surface area contributed by atoms with Gasteiger partial charge in [0.2, 0.25) is 0 Å². The van der Waals surface area contributed by atoms with Gasteiger partial charge in [-0.15, -0.1) is 11.3 Å². The molecule has 3 unspecified atom stereocenters. The number of hydrogen-bond donors (Lipinski definition) is 2. The Kier molecular flexibility index (Phi) is 4.43. The second kappa shape index (κ2) is 6.12. The van der Waals surface area contributed by atoms with Crippen LogP contribution >= 0.6 is 11.3 Å². The normalized spacial score (nSPS) is 31.8. The molecule has 5 heteroatoms. The highest BCUT2D eigenvalue weighted by Crippen LogP contribution is 2.42. The van der Waals surface area contributed by atoms with Gasteiger partial charge in [0.25, 0.3) is 0 Å². The van der Waals surface area contributed by atoms with Crippen molar-refractivity contribution in [3.63, 3.8) is 0 Å². The lowest BCUT2D eigenvalue weighted by molar-refractivity contribution is -0.103. The van der Waals surface area contributed by atoms with Gasteiger partial charge in [-0.05, 0) is 37.3 Å². The van der Waals surface area contributed by atoms with E-state index in [1.54, 1.807) is 0 Å². The highest BCUT2D eigenvalue weighted by molar-refractivity contribution is 7.12. The van der Waals surface area contributed by atoms with Crippen LogP contribution in [0.3, 0.4) is 0 Å². The number of nitrogens with one attached hydrogen (secondary N) is 1. The molecule has 1 aromatic rings. The molecule has 2 saturated heterocycles. The molecule has 0 aromatic carbocycles. The number of ether oxygens (including phenoxy) is 2. The summed E-state index contributed by atoms with van der Waals surface area (Å²) in [5, 5.41) is 0. The third-order valence-electron chi connectivity index (χ3n) is 4.59. The van der Waals surface area contributed by atoms with E-state index in [9.17, 15) is 0 Å². The monoisotopic (exact) mass is 296 g/mol. The Hall–Kier alpha value is -0.460. The van der Waals surface area contributed by atoms with Crippen molar-refractivity contribution >= 4 is 11.3 Å². The molecule has 112 valence electrons. The van der Waals surface area contributed by atoms with Crippen LogP contribution in [0.25, 0.3) is 0 Å². The second-order valence-electron chi connectivity index (χ2n) is 5.89. The van der Waals surface area contributed by atoms with E-state index in [0.717, 1.165) is 45.5 Å². The van der Waals surface area contributed by atoms with Crippen molar-refractivity contribution < 1.29 is 9.47 Å². The Morgan fingerprint density at radius 2 is 2.40 bits per heavy atom. The zero-order chi connectivity index (χ0) is 14.0. The van der Waals surface area contributed by atoms with Crippen LogP contribution in [0, 0.1) is 5.92 Å². The van der Waals surface area contributed by atoms with Crippen LogP contribution in [0.4, 0.5) is 0 Å². The molecule has 0 saturated carbocycles. The van der Waals surface area contributed by atoms with Crippen LogP contribution in [-0.4, -0.2) is 25.4 Å². The molecular weight excluding hydrogens is 272 g/mol. The molecule has 0 amide bonds. The van der Waals surface area contributed by atoms with E-state index in [1.165, 1.54) is 9.75 Å². The molecule has 2 aliphatic heterocycles. The van der Waals surface area contributed by atoms with Gasteiger partial charge in [-0.2, -0.15) is 0 Å². The second-order valence-corrected chi connectivity index (χ2v) is 7.09. The van der Waals surface area contributed by atoms with Gasteiger partial charge in [-0.25, -0.2) is 0 Å². The largest absolute Gasteiger partial charge is 0.378 e. The first kappa shape index (κ1) is 14.5. The number of aryl methyl sites for hydroxylation is 1. The SMILES string of the molecule is CCc1ccc(C(NN)C2CCOC3(CCOC3)C2)s1. The molecule has 4 nitrogen and oxygen atoms in total. The third-order valence-corrected chi connectivity index (χ3v) is 5.90. The van der Waals surface area contributed by atoms with E-state index in [4.69, 9.17) is 15.3 Å². The maximum Gasteiger partial charge on any atom is 0.0940 e. The van der Waals surface area contributed by atoms with Crippen molar-refractivity contribution in [2.45, 2.75) is 44.2 Å². The van der Waals surface area contributed by atoms with E-state index >= 15 is 0 Å². The average molecular weight is 296 g/mol. The van der Waals surface area contributed by atoms with Crippen molar-refractivity contribution in [2.24, 2.45) is 11.8 Å². The van der Waals surface area contributed by atoms with Crippen molar-refractivity contribution in [1.82, 2.24) is 5.43 Å². The number of hydrazine groups is 1. The molecule has 3 N–H and O–H groups in total. The van der Waals surface area contributed by atoms with Crippen LogP contribution in [0.2, 0.25) is 0 Å². The standard InChI is InChI=1S/C15H24N2O2S/c1-2-12-3-4-13(20-12)14(17-16)11-5-7-19-15(9-11)6-8-18-10-15/h3-4,11,14,17H,2,5-10,16H2,1H3. The van der Waals surface area contributed by atoms with E-state index < -0.39 is 0 Å². The van der Waals surface area contributed by atoms with E-state index in [1.807, 2.05) is 11.3 Å². The van der Waals surface area contributed by atoms with Gasteiger partial charge in [0.15, 0.2) is 0 Å². The van der Waals surface area contributed by atoms with Gasteiger partial charge < -0.3 is 9.47 Å². The molecule has 3 atom stereocenters. The molecule has 3 rings (SSSR count). The quantitative estimate of drug-likeness (QED) is 0.662. The van der Waals surface area contributed by atoms with Crippen LogP contribution in [0.5, 0.6) is 0 Å². The first-order valence-corrected chi connectivity index (χ1v) is 8.34. The van der Waals surface area contributed by atoms with Crippen molar-refractivity contribution in [1.29, 1.82) is 0 Å². The van der Waals surface area contributed by atoms with Gasteiger partial charge >= 0.3 is 0 Å². The minimum atomic E-state index is -0.0527. The summed E-state index contributed by atoms with van der Waals surface area (Å²) in [6.07, 6.45) is 4.22. The van der Waals surface area contributed by atoms with Gasteiger partial charge in [0.05, 0.1) is 18.2 Å². The van der Waals surface area contributed by atoms with Crippen molar-refractivity contribution in [3.05, 3.63) is 21.9 Å². The average Bonchev–Trinajstić information content (AvgIpc) is 3.10. The predicted molar refractivity (Wildman–Crippen MR) is 80.6 cm³/mol. The molecule has 0 radical (unpaired) electrons. The highest BCUT2D eigenvalue weighted by atomic mass is 32.1. The summed E-state index contributed by atoms with van der Waals surface area (Å²) in [4.78, 5) is 2.77. The fourth-order valence-electron chi connectivity index (χ4n) is 3.42. The summed E-state index contributed by atoms with van der Waals surface area (Å²) in [5.74, 6) is 6.38. The summed E-state index contributed by atoms with van der Waals surface area (Å²) < 4.78 is 11.6. The van der Waals surface area contributed by atoms with Crippen LogP contribution in [0.1, 0.15) is 42.0 Å². The van der Waals surface area contributed by atoms with E-state index in [0.29, 0.717) is 5.92 Å². The minimum absolute atomic E-state index is 0.0527. The zero-order valence-electron chi connectivity index (χ0n) is 12.1. The molecule has 1 spiro atoms. The van der Waals surface area contributed by atoms with Crippen LogP contribution in [-0.2, 0) is 15.9 Å². The minimum Gasteiger partial charge on any atom is -0.378 e. The molecular formula is C15H24N2O2S. The van der Waals surface area contributed by atoms with Gasteiger partial charge in [-0.3, -0.25) is 11.3 Å². The Bertz CT molecular complexity index is 443. The molecule has 0 bridgehead atoms. The number of hydrogen-bond acceptors (Lipinski definition) is 5. The summed E-state index contributed by atoms with van der Waals surface area (Å²) in [6, 6.07) is 4.68. The Morgan fingerprint density at radius 3 is 3.05 bits per heavy atom. The Morgan fingerprint density at radius 1 is 1.50 bits per heavy atom. The Balaban J connectivity index is 1.75. The van der Waals surface area contributed by atoms with Crippen LogP contribution < -0.4 is 11.3 Å². The van der Waals surface area contributed by atoms with Crippen molar-refractivity contribution in [2.75, 3.05) is 19.8 Å². The van der Waals surface area contributed by atoms with Gasteiger partial charge in [0, 0.05) is 29.4 Å². The van der Waals surface area contributed by atoms with Gasteiger partial charge in [0.1, 0.15) is 0 Å². The zero-order valence-corrected chi connectivity index (χ0v) is 12.9. The smallest absolute Gasteiger partial charge is 0.0940 e. The molecule has 2 aliphatic rings. The molecule has 20 heavy (non-hydrogen) atoms. The summed E-state index contributed by atoms with van der Waals surface area (Å²) in [5.41, 5.74) is 2.99. The number of thiophene rings is 1. The van der Waals surface area contributed by atoms with E-state index in [2.05, 4.69) is 24.5 Å². The lowest BCUT2D eigenvalue weighted by Gasteiger charge is -2.40. The summed E-state index contributed by atoms with van der Waals surface area (Å²) in [6.45, 7) is 4.58. The highest BCUT2D eigenvalue weighted by Gasteiger charge is 2.43. The third kappa shape index (κ3) is 2.78. The van der Waals surface area contributed by atoms with Gasteiger partial charge in [-0.1, -0.05) is 6.92 Å². The molecule has 2 fully saturated rings. The van der Waals surface area contributed by atoms with E-state index in [-0.39, 0.29) is 11.6 Å². The summed E-state index contributed by atoms with van der Waals surface area (Å²) in [7, 11) is 0. The maximum atomic E-state index is 6.02. The lowest BCUT2D eigenvalue weighted by Crippen LogP contribution is -2.45. The van der Waals surface area contributed by atoms with Crippen molar-refractivity contribution in [3.8, 4) is 0 Å². The number of nitrogens with two attached hydrogens (primary N) is 1. The first-order chi connectivity index (χ1) is 9.76. The molecule has 0 aliphatic carbocycles. The fraction of sp³-hybridized carbons (Fsp3) is 0.733. The topological polar surface area (TPSA) is 56.5 Å². The Labute approximate surface area is 124 Å². The summed E-state index contributed by atoms with van der Waals surface area (Å²) >= 11 is 1.88. The fourth-order valence-corrected chi connectivity index (χ4v) is 4.52. The number of rotatable bonds is 4. The lowest BCUT2D eigenvalue weighted by atomic mass is 9.81. The molecule has 1 aromatic heterocycles. The van der Waals surface area contributed by atoms with Crippen LogP contribution in [0.15, 0.2) is 12.1 Å².